The van der Waals surface area contributed by atoms with E-state index in [0.717, 1.165) is 18.4 Å². The highest BCUT2D eigenvalue weighted by Crippen LogP contribution is 2.29. The van der Waals surface area contributed by atoms with Gasteiger partial charge in [-0.15, -0.1) is 0 Å². The fourth-order valence-corrected chi connectivity index (χ4v) is 2.76. The number of carbonyl (C=O) groups excluding carboxylic acids is 1. The number of ether oxygens (including phenoxy) is 1. The van der Waals surface area contributed by atoms with Gasteiger partial charge in [0.05, 0.1) is 7.11 Å². The molecule has 0 atom stereocenters. The van der Waals surface area contributed by atoms with Crippen LogP contribution in [0.4, 0.5) is 0 Å². The third-order valence-corrected chi connectivity index (χ3v) is 3.74. The maximum Gasteiger partial charge on any atom is 0.330 e. The normalized spacial score (nSPS) is 14.8. The first kappa shape index (κ1) is 12.0. The van der Waals surface area contributed by atoms with Gasteiger partial charge in [-0.25, -0.2) is 4.79 Å². The van der Waals surface area contributed by atoms with Crippen LogP contribution in [0, 0.1) is 0 Å². The lowest BCUT2D eigenvalue weighted by molar-refractivity contribution is -0.134. The van der Waals surface area contributed by atoms with Gasteiger partial charge in [-0.05, 0) is 55.0 Å². The topological polar surface area (TPSA) is 42.1 Å². The highest BCUT2D eigenvalue weighted by molar-refractivity contribution is 5.90. The molecule has 0 unspecified atom stereocenters. The molecule has 3 heteroatoms. The molecule has 0 amide bonds. The minimum absolute atomic E-state index is 0.323. The molecule has 0 aliphatic heterocycles. The van der Waals surface area contributed by atoms with Crippen molar-refractivity contribution in [2.75, 3.05) is 7.11 Å². The van der Waals surface area contributed by atoms with E-state index in [1.54, 1.807) is 6.08 Å². The van der Waals surface area contributed by atoms with Crippen molar-refractivity contribution < 1.29 is 9.53 Å². The number of nitrogens with one attached hydrogen (secondary N) is 1. The molecule has 3 rings (SSSR count). The van der Waals surface area contributed by atoms with Gasteiger partial charge >= 0.3 is 5.97 Å². The van der Waals surface area contributed by atoms with Gasteiger partial charge in [-0.1, -0.05) is 6.07 Å². The van der Waals surface area contributed by atoms with E-state index in [-0.39, 0.29) is 5.97 Å². The van der Waals surface area contributed by atoms with E-state index in [1.807, 2.05) is 6.07 Å². The first-order valence-corrected chi connectivity index (χ1v) is 6.67. The molecule has 0 fully saturated rings. The fraction of sp³-hybridized carbons (Fsp3) is 0.312. The van der Waals surface area contributed by atoms with Crippen LogP contribution in [-0.2, 0) is 22.4 Å². The Morgan fingerprint density at radius 2 is 2.16 bits per heavy atom. The number of carbonyl (C=O) groups is 1. The SMILES string of the molecule is COC(=O)/C=C/c1ccc2[nH]c3c(c2c1)CCCC3. The lowest BCUT2D eigenvalue weighted by atomic mass is 9.95. The third-order valence-electron chi connectivity index (χ3n) is 3.74. The molecular formula is C16H17NO2. The number of H-pyrrole nitrogens is 1. The van der Waals surface area contributed by atoms with E-state index in [2.05, 4.69) is 21.9 Å². The van der Waals surface area contributed by atoms with Gasteiger partial charge < -0.3 is 9.72 Å². The van der Waals surface area contributed by atoms with Crippen LogP contribution in [0.3, 0.4) is 0 Å². The molecule has 1 aromatic heterocycles. The molecule has 0 saturated heterocycles. The molecule has 1 aromatic carbocycles. The van der Waals surface area contributed by atoms with Crippen LogP contribution in [-0.4, -0.2) is 18.1 Å². The standard InChI is InChI=1S/C16H17NO2/c1-19-16(18)9-7-11-6-8-15-13(10-11)12-4-2-3-5-14(12)17-15/h6-10,17H,2-5H2,1H3/b9-7+. The summed E-state index contributed by atoms with van der Waals surface area (Å²) < 4.78 is 4.60. The molecular weight excluding hydrogens is 238 g/mol. The Labute approximate surface area is 112 Å². The minimum Gasteiger partial charge on any atom is -0.466 e. The molecule has 0 bridgehead atoms. The summed E-state index contributed by atoms with van der Waals surface area (Å²) in [5.74, 6) is -0.323. The number of aromatic amines is 1. The Bertz CT molecular complexity index is 652. The van der Waals surface area contributed by atoms with Crippen molar-refractivity contribution in [2.45, 2.75) is 25.7 Å². The summed E-state index contributed by atoms with van der Waals surface area (Å²) in [6.07, 6.45) is 8.10. The number of hydrogen-bond acceptors (Lipinski definition) is 2. The number of esters is 1. The maximum atomic E-state index is 11.1. The zero-order chi connectivity index (χ0) is 13.2. The highest BCUT2D eigenvalue weighted by Gasteiger charge is 2.14. The fourth-order valence-electron chi connectivity index (χ4n) is 2.76. The molecule has 1 N–H and O–H groups in total. The molecule has 1 aliphatic carbocycles. The van der Waals surface area contributed by atoms with Gasteiger partial charge in [-0.3, -0.25) is 0 Å². The first-order chi connectivity index (χ1) is 9.28. The van der Waals surface area contributed by atoms with Crippen molar-refractivity contribution in [1.82, 2.24) is 4.98 Å². The summed E-state index contributed by atoms with van der Waals surface area (Å²) in [6, 6.07) is 6.25. The molecule has 1 heterocycles. The third kappa shape index (κ3) is 2.28. The maximum absolute atomic E-state index is 11.1. The highest BCUT2D eigenvalue weighted by atomic mass is 16.5. The second kappa shape index (κ2) is 4.92. The minimum atomic E-state index is -0.323. The largest absolute Gasteiger partial charge is 0.466 e. The summed E-state index contributed by atoms with van der Waals surface area (Å²) >= 11 is 0. The predicted octanol–water partition coefficient (Wildman–Crippen LogP) is 3.23. The molecule has 0 spiro atoms. The summed E-state index contributed by atoms with van der Waals surface area (Å²) in [4.78, 5) is 14.6. The Morgan fingerprint density at radius 1 is 1.32 bits per heavy atom. The number of rotatable bonds is 2. The van der Waals surface area contributed by atoms with Crippen molar-refractivity contribution >= 4 is 22.9 Å². The van der Waals surface area contributed by atoms with Gasteiger partial charge in [0, 0.05) is 22.7 Å². The van der Waals surface area contributed by atoms with Crippen LogP contribution in [0.2, 0.25) is 0 Å². The van der Waals surface area contributed by atoms with Crippen molar-refractivity contribution in [3.05, 3.63) is 41.1 Å². The Kier molecular flexibility index (Phi) is 3.11. The van der Waals surface area contributed by atoms with Crippen LogP contribution in [0.1, 0.15) is 29.7 Å². The van der Waals surface area contributed by atoms with E-state index in [9.17, 15) is 4.79 Å². The zero-order valence-electron chi connectivity index (χ0n) is 11.0. The summed E-state index contributed by atoms with van der Waals surface area (Å²) in [5, 5.41) is 1.29. The smallest absolute Gasteiger partial charge is 0.330 e. The van der Waals surface area contributed by atoms with Gasteiger partial charge in [0.25, 0.3) is 0 Å². The lowest BCUT2D eigenvalue weighted by Gasteiger charge is -2.10. The van der Waals surface area contributed by atoms with Crippen molar-refractivity contribution in [2.24, 2.45) is 0 Å². The van der Waals surface area contributed by atoms with Gasteiger partial charge in [-0.2, -0.15) is 0 Å². The van der Waals surface area contributed by atoms with E-state index in [0.29, 0.717) is 0 Å². The Balaban J connectivity index is 2.00. The number of aromatic nitrogens is 1. The van der Waals surface area contributed by atoms with Crippen LogP contribution in [0.15, 0.2) is 24.3 Å². The lowest BCUT2D eigenvalue weighted by Crippen LogP contribution is -1.99. The summed E-state index contributed by atoms with van der Waals surface area (Å²) in [6.45, 7) is 0. The first-order valence-electron chi connectivity index (χ1n) is 6.67. The van der Waals surface area contributed by atoms with Gasteiger partial charge in [0.2, 0.25) is 0 Å². The second-order valence-corrected chi connectivity index (χ2v) is 4.95. The Morgan fingerprint density at radius 3 is 3.00 bits per heavy atom. The molecule has 3 nitrogen and oxygen atoms in total. The number of benzene rings is 1. The van der Waals surface area contributed by atoms with Crippen molar-refractivity contribution in [3.63, 3.8) is 0 Å². The number of hydrogen-bond donors (Lipinski definition) is 1. The van der Waals surface area contributed by atoms with E-state index >= 15 is 0 Å². The van der Waals surface area contributed by atoms with Crippen molar-refractivity contribution in [1.29, 1.82) is 0 Å². The number of aryl methyl sites for hydroxylation is 2. The van der Waals surface area contributed by atoms with E-state index in [4.69, 9.17) is 0 Å². The molecule has 1 aliphatic rings. The molecule has 0 radical (unpaired) electrons. The average molecular weight is 255 g/mol. The quantitative estimate of drug-likeness (QED) is 0.661. The predicted molar refractivity (Wildman–Crippen MR) is 76.0 cm³/mol. The van der Waals surface area contributed by atoms with Gasteiger partial charge in [0.1, 0.15) is 0 Å². The van der Waals surface area contributed by atoms with E-state index < -0.39 is 0 Å². The molecule has 19 heavy (non-hydrogen) atoms. The Hall–Kier alpha value is -2.03. The summed E-state index contributed by atoms with van der Waals surface area (Å²) in [5.41, 5.74) is 5.07. The van der Waals surface area contributed by atoms with Crippen molar-refractivity contribution in [3.8, 4) is 0 Å². The molecule has 98 valence electrons. The number of methoxy groups -OCH3 is 1. The molecule has 0 saturated carbocycles. The summed E-state index contributed by atoms with van der Waals surface area (Å²) in [7, 11) is 1.39. The zero-order valence-corrected chi connectivity index (χ0v) is 11.0. The molecule has 2 aromatic rings. The van der Waals surface area contributed by atoms with Crippen LogP contribution in [0.5, 0.6) is 0 Å². The van der Waals surface area contributed by atoms with Crippen LogP contribution < -0.4 is 0 Å². The van der Waals surface area contributed by atoms with Gasteiger partial charge in [0.15, 0.2) is 0 Å². The van der Waals surface area contributed by atoms with Crippen LogP contribution >= 0.6 is 0 Å². The van der Waals surface area contributed by atoms with Crippen LogP contribution in [0.25, 0.3) is 17.0 Å². The number of fused-ring (bicyclic) bond motifs is 3. The second-order valence-electron chi connectivity index (χ2n) is 4.95. The van der Waals surface area contributed by atoms with E-state index in [1.165, 1.54) is 48.2 Å². The monoisotopic (exact) mass is 255 g/mol. The average Bonchev–Trinajstić information content (AvgIpc) is 2.82.